The Kier molecular flexibility index (Phi) is 4.61. The van der Waals surface area contributed by atoms with Crippen molar-refractivity contribution in [2.24, 2.45) is 0 Å². The maximum Gasteiger partial charge on any atom is 0.225 e. The Balaban J connectivity index is 1.77. The number of aryl methyl sites for hydroxylation is 1. The van der Waals surface area contributed by atoms with E-state index in [1.165, 1.54) is 5.56 Å². The van der Waals surface area contributed by atoms with Gasteiger partial charge in [-0.3, -0.25) is 10.1 Å². The zero-order valence-corrected chi connectivity index (χ0v) is 15.3. The minimum atomic E-state index is 0.652. The number of pyridine rings is 1. The monoisotopic (exact) mass is 356 g/mol. The van der Waals surface area contributed by atoms with Gasteiger partial charge in [-0.05, 0) is 19.1 Å². The van der Waals surface area contributed by atoms with E-state index in [1.807, 2.05) is 42.5 Å². The molecule has 6 nitrogen and oxygen atoms in total. The Morgan fingerprint density at radius 1 is 0.963 bits per heavy atom. The van der Waals surface area contributed by atoms with Crippen LogP contribution in [0.5, 0.6) is 0 Å². The summed E-state index contributed by atoms with van der Waals surface area (Å²) >= 11 is 0. The molecule has 0 unspecified atom stereocenters. The van der Waals surface area contributed by atoms with Crippen LogP contribution in [0.15, 0.2) is 67.3 Å². The van der Waals surface area contributed by atoms with Crippen molar-refractivity contribution < 1.29 is 0 Å². The van der Waals surface area contributed by atoms with Crippen LogP contribution in [0.2, 0.25) is 0 Å². The number of rotatable bonds is 5. The molecular weight excluding hydrogens is 336 g/mol. The molecule has 0 atom stereocenters. The zero-order chi connectivity index (χ0) is 18.6. The molecule has 27 heavy (non-hydrogen) atoms. The van der Waals surface area contributed by atoms with E-state index >= 15 is 0 Å². The highest BCUT2D eigenvalue weighted by Crippen LogP contribution is 2.31. The third-order valence-corrected chi connectivity index (χ3v) is 4.38. The fourth-order valence-corrected chi connectivity index (χ4v) is 2.92. The Labute approximate surface area is 158 Å². The summed E-state index contributed by atoms with van der Waals surface area (Å²) in [5.41, 5.74) is 6.13. The summed E-state index contributed by atoms with van der Waals surface area (Å²) in [5.74, 6) is 0.660. The first kappa shape index (κ1) is 16.9. The highest BCUT2D eigenvalue weighted by molar-refractivity contribution is 5.80. The van der Waals surface area contributed by atoms with Crippen molar-refractivity contribution in [1.29, 1.82) is 0 Å². The van der Waals surface area contributed by atoms with Crippen LogP contribution < -0.4 is 4.90 Å². The van der Waals surface area contributed by atoms with Crippen molar-refractivity contribution in [1.82, 2.24) is 25.1 Å². The Morgan fingerprint density at radius 3 is 2.52 bits per heavy atom. The Hall–Kier alpha value is -3.54. The van der Waals surface area contributed by atoms with Gasteiger partial charge in [0.05, 0.1) is 17.9 Å². The number of hydrogen-bond donors (Lipinski definition) is 1. The van der Waals surface area contributed by atoms with Gasteiger partial charge >= 0.3 is 0 Å². The minimum absolute atomic E-state index is 0.652. The lowest BCUT2D eigenvalue weighted by molar-refractivity contribution is 0.833. The molecule has 0 aliphatic carbocycles. The van der Waals surface area contributed by atoms with Crippen LogP contribution >= 0.6 is 0 Å². The van der Waals surface area contributed by atoms with E-state index in [-0.39, 0.29) is 0 Å². The van der Waals surface area contributed by atoms with E-state index in [2.05, 4.69) is 51.4 Å². The lowest BCUT2D eigenvalue weighted by Gasteiger charge is -2.18. The van der Waals surface area contributed by atoms with E-state index < -0.39 is 0 Å². The van der Waals surface area contributed by atoms with Crippen LogP contribution in [-0.4, -0.2) is 32.2 Å². The van der Waals surface area contributed by atoms with E-state index in [4.69, 9.17) is 4.98 Å². The highest BCUT2D eigenvalue weighted by Gasteiger charge is 2.14. The summed E-state index contributed by atoms with van der Waals surface area (Å²) in [6.07, 6.45) is 7.22. The predicted molar refractivity (Wildman–Crippen MR) is 106 cm³/mol. The van der Waals surface area contributed by atoms with Gasteiger partial charge in [-0.15, -0.1) is 0 Å². The van der Waals surface area contributed by atoms with Gasteiger partial charge in [0, 0.05) is 48.5 Å². The van der Waals surface area contributed by atoms with Gasteiger partial charge in [0.25, 0.3) is 0 Å². The molecule has 0 spiro atoms. The molecule has 0 aliphatic heterocycles. The van der Waals surface area contributed by atoms with Gasteiger partial charge in [-0.25, -0.2) is 9.97 Å². The molecule has 4 aromatic rings. The Morgan fingerprint density at radius 2 is 1.81 bits per heavy atom. The molecule has 3 aromatic heterocycles. The van der Waals surface area contributed by atoms with Crippen LogP contribution in [0.25, 0.3) is 22.4 Å². The molecule has 0 saturated carbocycles. The van der Waals surface area contributed by atoms with Crippen LogP contribution in [0.1, 0.15) is 11.3 Å². The molecule has 0 bridgehead atoms. The average molecular weight is 356 g/mol. The number of hydrogen-bond acceptors (Lipinski definition) is 5. The highest BCUT2D eigenvalue weighted by atomic mass is 15.2. The summed E-state index contributed by atoms with van der Waals surface area (Å²) in [7, 11) is 1.97. The second-order valence-corrected chi connectivity index (χ2v) is 6.48. The fraction of sp³-hybridized carbons (Fsp3) is 0.143. The van der Waals surface area contributed by atoms with Crippen LogP contribution in [-0.2, 0) is 6.54 Å². The zero-order valence-electron chi connectivity index (χ0n) is 15.3. The number of aromatic nitrogens is 5. The maximum atomic E-state index is 4.88. The van der Waals surface area contributed by atoms with E-state index in [0.717, 1.165) is 28.1 Å². The third-order valence-electron chi connectivity index (χ3n) is 4.38. The van der Waals surface area contributed by atoms with E-state index in [9.17, 15) is 0 Å². The lowest BCUT2D eigenvalue weighted by Crippen LogP contribution is -2.19. The molecule has 6 heteroatoms. The molecule has 1 aromatic carbocycles. The maximum absolute atomic E-state index is 4.88. The van der Waals surface area contributed by atoms with E-state index in [1.54, 1.807) is 12.4 Å². The average Bonchev–Trinajstić information content (AvgIpc) is 3.22. The van der Waals surface area contributed by atoms with Crippen molar-refractivity contribution in [3.63, 3.8) is 0 Å². The van der Waals surface area contributed by atoms with Gasteiger partial charge in [0.1, 0.15) is 0 Å². The molecule has 4 rings (SSSR count). The molecule has 134 valence electrons. The molecule has 0 fully saturated rings. The van der Waals surface area contributed by atoms with Crippen LogP contribution in [0, 0.1) is 6.92 Å². The topological polar surface area (TPSA) is 70.6 Å². The van der Waals surface area contributed by atoms with Gasteiger partial charge < -0.3 is 4.90 Å². The van der Waals surface area contributed by atoms with Gasteiger partial charge in [0.15, 0.2) is 0 Å². The Bertz CT molecular complexity index is 1010. The predicted octanol–water partition coefficient (Wildman–Crippen LogP) is 3.87. The standard InChI is InChI=1S/C21H20N6/c1-15-5-7-16(8-6-15)20-19(17-4-3-10-22-12-17)13-23-21(25-20)27(2)14-18-9-11-24-26-18/h3-13H,14H2,1-2H3,(H,24,26). The normalized spacial score (nSPS) is 10.7. The summed E-state index contributed by atoms with van der Waals surface area (Å²) < 4.78 is 0. The first-order valence-electron chi connectivity index (χ1n) is 8.74. The molecule has 0 amide bonds. The molecule has 0 radical (unpaired) electrons. The molecule has 0 aliphatic rings. The number of anilines is 1. The smallest absolute Gasteiger partial charge is 0.225 e. The summed E-state index contributed by atoms with van der Waals surface area (Å²) in [6.45, 7) is 2.73. The van der Waals surface area contributed by atoms with E-state index in [0.29, 0.717) is 12.5 Å². The summed E-state index contributed by atoms with van der Waals surface area (Å²) in [4.78, 5) is 15.7. The van der Waals surface area contributed by atoms with Gasteiger partial charge in [-0.2, -0.15) is 5.10 Å². The summed E-state index contributed by atoms with van der Waals surface area (Å²) in [5, 5.41) is 6.97. The molecule has 3 heterocycles. The van der Waals surface area contributed by atoms with Gasteiger partial charge in [-0.1, -0.05) is 35.9 Å². The number of nitrogens with zero attached hydrogens (tertiary/aromatic N) is 5. The van der Waals surface area contributed by atoms with Crippen LogP contribution in [0.4, 0.5) is 5.95 Å². The van der Waals surface area contributed by atoms with Crippen molar-refractivity contribution in [3.8, 4) is 22.4 Å². The lowest BCUT2D eigenvalue weighted by atomic mass is 10.0. The third kappa shape index (κ3) is 3.69. The number of benzene rings is 1. The number of nitrogens with one attached hydrogen (secondary N) is 1. The molecule has 0 saturated heterocycles. The second kappa shape index (κ2) is 7.37. The van der Waals surface area contributed by atoms with Crippen molar-refractivity contribution >= 4 is 5.95 Å². The van der Waals surface area contributed by atoms with Crippen molar-refractivity contribution in [2.75, 3.05) is 11.9 Å². The van der Waals surface area contributed by atoms with Gasteiger partial charge in [0.2, 0.25) is 5.95 Å². The second-order valence-electron chi connectivity index (χ2n) is 6.48. The van der Waals surface area contributed by atoms with Crippen LogP contribution in [0.3, 0.4) is 0 Å². The molecular formula is C21H20N6. The SMILES string of the molecule is Cc1ccc(-c2nc(N(C)Cc3ccn[nH]3)ncc2-c2cccnc2)cc1. The quantitative estimate of drug-likeness (QED) is 0.588. The number of H-pyrrole nitrogens is 1. The molecule has 1 N–H and O–H groups in total. The van der Waals surface area contributed by atoms with Crippen molar-refractivity contribution in [3.05, 3.63) is 78.5 Å². The van der Waals surface area contributed by atoms with Crippen molar-refractivity contribution in [2.45, 2.75) is 13.5 Å². The largest absolute Gasteiger partial charge is 0.338 e. The summed E-state index contributed by atoms with van der Waals surface area (Å²) in [6, 6.07) is 14.3. The minimum Gasteiger partial charge on any atom is -0.338 e. The fourth-order valence-electron chi connectivity index (χ4n) is 2.92. The number of aromatic amines is 1. The first-order valence-corrected chi connectivity index (χ1v) is 8.74. The first-order chi connectivity index (χ1) is 13.2.